The van der Waals surface area contributed by atoms with Gasteiger partial charge in [0.05, 0.1) is 13.5 Å². The molecule has 0 spiro atoms. The quantitative estimate of drug-likeness (QED) is 0.750. The molecular formula is C10H13BrN2O4S. The molecular weight excluding hydrogens is 324 g/mol. The van der Waals surface area contributed by atoms with Crippen molar-refractivity contribution in [1.29, 1.82) is 0 Å². The van der Waals surface area contributed by atoms with Crippen LogP contribution in [0.15, 0.2) is 27.8 Å². The van der Waals surface area contributed by atoms with Crippen molar-refractivity contribution in [2.75, 3.05) is 20.7 Å². The largest absolute Gasteiger partial charge is 0.469 e. The molecule has 0 aliphatic carbocycles. The van der Waals surface area contributed by atoms with Crippen LogP contribution in [0.3, 0.4) is 0 Å². The number of esters is 1. The van der Waals surface area contributed by atoms with Crippen molar-refractivity contribution in [1.82, 2.24) is 9.29 Å². The van der Waals surface area contributed by atoms with Crippen molar-refractivity contribution < 1.29 is 17.9 Å². The summed E-state index contributed by atoms with van der Waals surface area (Å²) in [5, 5.41) is 0. The third-order valence-electron chi connectivity index (χ3n) is 2.25. The van der Waals surface area contributed by atoms with Gasteiger partial charge in [-0.15, -0.1) is 0 Å². The van der Waals surface area contributed by atoms with E-state index in [9.17, 15) is 13.2 Å². The first-order chi connectivity index (χ1) is 8.37. The molecule has 1 aromatic rings. The second kappa shape index (κ2) is 6.26. The molecule has 1 heterocycles. The van der Waals surface area contributed by atoms with Crippen LogP contribution in [0, 0.1) is 0 Å². The molecule has 0 aromatic carbocycles. The summed E-state index contributed by atoms with van der Waals surface area (Å²) >= 11 is 3.16. The predicted octanol–water partition coefficient (Wildman–Crippen LogP) is 1.03. The Morgan fingerprint density at radius 3 is 2.72 bits per heavy atom. The molecule has 0 unspecified atom stereocenters. The van der Waals surface area contributed by atoms with Crippen molar-refractivity contribution >= 4 is 31.9 Å². The summed E-state index contributed by atoms with van der Waals surface area (Å²) in [6.45, 7) is 0.0571. The van der Waals surface area contributed by atoms with E-state index in [0.29, 0.717) is 4.47 Å². The maximum atomic E-state index is 12.1. The number of halogens is 1. The van der Waals surface area contributed by atoms with Gasteiger partial charge >= 0.3 is 5.97 Å². The van der Waals surface area contributed by atoms with Crippen LogP contribution in [0.1, 0.15) is 6.42 Å². The van der Waals surface area contributed by atoms with Crippen molar-refractivity contribution in [2.45, 2.75) is 11.3 Å². The molecule has 1 aromatic heterocycles. The summed E-state index contributed by atoms with van der Waals surface area (Å²) in [7, 11) is -0.971. The molecule has 0 saturated carbocycles. The molecule has 0 N–H and O–H groups in total. The first-order valence-electron chi connectivity index (χ1n) is 5.01. The summed E-state index contributed by atoms with van der Waals surface area (Å²) in [6, 6.07) is 1.46. The number of carbonyl (C=O) groups excluding carboxylic acids is 1. The van der Waals surface area contributed by atoms with Crippen molar-refractivity contribution in [3.05, 3.63) is 22.9 Å². The van der Waals surface area contributed by atoms with Gasteiger partial charge in [0.2, 0.25) is 10.0 Å². The summed E-state index contributed by atoms with van der Waals surface area (Å²) in [5.74, 6) is -0.454. The highest BCUT2D eigenvalue weighted by Crippen LogP contribution is 2.17. The number of rotatable bonds is 5. The summed E-state index contributed by atoms with van der Waals surface area (Å²) in [4.78, 5) is 14.8. The molecule has 18 heavy (non-hydrogen) atoms. The monoisotopic (exact) mass is 336 g/mol. The van der Waals surface area contributed by atoms with Gasteiger partial charge in [-0.2, -0.15) is 0 Å². The minimum absolute atomic E-state index is 0.00760. The van der Waals surface area contributed by atoms with Crippen LogP contribution in [0.25, 0.3) is 0 Å². The normalized spacial score (nSPS) is 11.6. The van der Waals surface area contributed by atoms with E-state index in [0.717, 1.165) is 4.31 Å². The molecule has 1 rings (SSSR count). The number of sulfonamides is 1. The molecule has 0 aliphatic heterocycles. The Balaban J connectivity index is 2.83. The fourth-order valence-corrected chi connectivity index (χ4v) is 2.86. The van der Waals surface area contributed by atoms with Crippen LogP contribution < -0.4 is 0 Å². The minimum Gasteiger partial charge on any atom is -0.469 e. The fourth-order valence-electron chi connectivity index (χ4n) is 1.18. The van der Waals surface area contributed by atoms with Gasteiger partial charge in [-0.25, -0.2) is 12.7 Å². The molecule has 0 bridgehead atoms. The summed E-state index contributed by atoms with van der Waals surface area (Å²) in [6.07, 6.45) is 2.76. The Morgan fingerprint density at radius 2 is 2.17 bits per heavy atom. The molecule has 0 radical (unpaired) electrons. The number of ether oxygens (including phenoxy) is 1. The average molecular weight is 337 g/mol. The van der Waals surface area contributed by atoms with Crippen LogP contribution >= 0.6 is 15.9 Å². The Bertz CT molecular complexity index is 532. The zero-order chi connectivity index (χ0) is 13.8. The number of aromatic nitrogens is 1. The van der Waals surface area contributed by atoms with E-state index in [-0.39, 0.29) is 17.9 Å². The standard InChI is InChI=1S/C10H13BrN2O4S/c1-13(4-3-10(14)17-2)18(15,16)9-5-8(11)6-12-7-9/h5-7H,3-4H2,1-2H3. The van der Waals surface area contributed by atoms with Crippen LogP contribution in [-0.2, 0) is 19.6 Å². The lowest BCUT2D eigenvalue weighted by molar-refractivity contribution is -0.140. The first kappa shape index (κ1) is 15.1. The maximum absolute atomic E-state index is 12.1. The SMILES string of the molecule is COC(=O)CCN(C)S(=O)(=O)c1cncc(Br)c1. The minimum atomic E-state index is -3.63. The smallest absolute Gasteiger partial charge is 0.306 e. The second-order valence-electron chi connectivity index (χ2n) is 3.49. The third kappa shape index (κ3) is 3.76. The number of nitrogens with zero attached hydrogens (tertiary/aromatic N) is 2. The van der Waals surface area contributed by atoms with Crippen LogP contribution in [0.2, 0.25) is 0 Å². The van der Waals surface area contributed by atoms with Gasteiger partial charge in [-0.1, -0.05) is 0 Å². The zero-order valence-electron chi connectivity index (χ0n) is 9.96. The number of methoxy groups -OCH3 is 1. The van der Waals surface area contributed by atoms with Crippen LogP contribution in [0.4, 0.5) is 0 Å². The van der Waals surface area contributed by atoms with Gasteiger partial charge in [0.25, 0.3) is 0 Å². The zero-order valence-corrected chi connectivity index (χ0v) is 12.4. The van der Waals surface area contributed by atoms with E-state index in [1.807, 2.05) is 0 Å². The molecule has 0 atom stereocenters. The molecule has 8 heteroatoms. The van der Waals surface area contributed by atoms with Gasteiger partial charge in [0.15, 0.2) is 0 Å². The van der Waals surface area contributed by atoms with E-state index in [4.69, 9.17) is 0 Å². The predicted molar refractivity (Wildman–Crippen MR) is 68.4 cm³/mol. The Kier molecular flexibility index (Phi) is 5.24. The van der Waals surface area contributed by atoms with Crippen LogP contribution in [-0.4, -0.2) is 44.4 Å². The molecule has 0 fully saturated rings. The number of pyridine rings is 1. The van der Waals surface area contributed by atoms with E-state index in [1.54, 1.807) is 0 Å². The molecule has 0 aliphatic rings. The Hall–Kier alpha value is -0.990. The van der Waals surface area contributed by atoms with E-state index >= 15 is 0 Å². The third-order valence-corrected chi connectivity index (χ3v) is 4.50. The van der Waals surface area contributed by atoms with Gasteiger partial charge in [-0.05, 0) is 22.0 Å². The van der Waals surface area contributed by atoms with Gasteiger partial charge in [0, 0.05) is 30.5 Å². The highest BCUT2D eigenvalue weighted by molar-refractivity contribution is 9.10. The summed E-state index contributed by atoms with van der Waals surface area (Å²) in [5.41, 5.74) is 0. The van der Waals surface area contributed by atoms with Crippen molar-refractivity contribution in [3.63, 3.8) is 0 Å². The van der Waals surface area contributed by atoms with Crippen LogP contribution in [0.5, 0.6) is 0 Å². The summed E-state index contributed by atoms with van der Waals surface area (Å²) < 4.78 is 30.3. The van der Waals surface area contributed by atoms with Crippen molar-refractivity contribution in [2.24, 2.45) is 0 Å². The topological polar surface area (TPSA) is 76.6 Å². The number of hydrogen-bond donors (Lipinski definition) is 0. The lowest BCUT2D eigenvalue weighted by Crippen LogP contribution is -2.29. The lowest BCUT2D eigenvalue weighted by Gasteiger charge is -2.16. The van der Waals surface area contributed by atoms with Gasteiger partial charge in [-0.3, -0.25) is 9.78 Å². The highest BCUT2D eigenvalue weighted by atomic mass is 79.9. The second-order valence-corrected chi connectivity index (χ2v) is 6.45. The molecule has 6 nitrogen and oxygen atoms in total. The van der Waals surface area contributed by atoms with Gasteiger partial charge < -0.3 is 4.74 Å². The van der Waals surface area contributed by atoms with E-state index in [2.05, 4.69) is 25.7 Å². The number of hydrogen-bond acceptors (Lipinski definition) is 5. The van der Waals surface area contributed by atoms with Gasteiger partial charge in [0.1, 0.15) is 4.90 Å². The average Bonchev–Trinajstić information content (AvgIpc) is 2.35. The lowest BCUT2D eigenvalue weighted by atomic mass is 10.4. The molecule has 0 amide bonds. The number of carbonyl (C=O) groups is 1. The van der Waals surface area contributed by atoms with E-state index < -0.39 is 16.0 Å². The molecule has 0 saturated heterocycles. The van der Waals surface area contributed by atoms with Crippen molar-refractivity contribution in [3.8, 4) is 0 Å². The Labute approximate surface area is 114 Å². The Morgan fingerprint density at radius 1 is 1.50 bits per heavy atom. The fraction of sp³-hybridized carbons (Fsp3) is 0.400. The maximum Gasteiger partial charge on any atom is 0.306 e. The van der Waals surface area contributed by atoms with E-state index in [1.165, 1.54) is 32.6 Å². The first-order valence-corrected chi connectivity index (χ1v) is 7.25. The molecule has 100 valence electrons. The highest BCUT2D eigenvalue weighted by Gasteiger charge is 2.21.